The molecule has 74 valence electrons. The smallest absolute Gasteiger partial charge is 0.0635 e. The Hall–Kier alpha value is -1.33. The van der Waals surface area contributed by atoms with Gasteiger partial charge in [-0.15, -0.1) is 0 Å². The van der Waals surface area contributed by atoms with Crippen molar-refractivity contribution < 1.29 is 0 Å². The third kappa shape index (κ3) is 4.06. The molecule has 0 aliphatic rings. The molecule has 0 heterocycles. The van der Waals surface area contributed by atoms with Gasteiger partial charge >= 0.3 is 0 Å². The number of hydrogen-bond acceptors (Lipinski definition) is 2. The Morgan fingerprint density at radius 3 is 2.57 bits per heavy atom. The maximum Gasteiger partial charge on any atom is 0.0635 e. The lowest BCUT2D eigenvalue weighted by molar-refractivity contribution is 0.346. The van der Waals surface area contributed by atoms with Crippen LogP contribution in [0.25, 0.3) is 0 Å². The van der Waals surface area contributed by atoms with Crippen LogP contribution in [0.3, 0.4) is 0 Å². The summed E-state index contributed by atoms with van der Waals surface area (Å²) in [6.45, 7) is 1.88. The largest absolute Gasteiger partial charge is 0.305 e. The van der Waals surface area contributed by atoms with Crippen LogP contribution in [0.15, 0.2) is 30.3 Å². The van der Waals surface area contributed by atoms with Gasteiger partial charge in [0.1, 0.15) is 0 Å². The Labute approximate surface area is 85.8 Å². The van der Waals surface area contributed by atoms with Crippen LogP contribution in [-0.4, -0.2) is 25.0 Å². The summed E-state index contributed by atoms with van der Waals surface area (Å²) in [5.74, 6) is 0. The highest BCUT2D eigenvalue weighted by atomic mass is 15.1. The molecule has 0 fully saturated rings. The lowest BCUT2D eigenvalue weighted by Gasteiger charge is -2.14. The standard InChI is InChI=1S/C12H16N2/c1-14(10-5-9-13)11-8-12-6-3-2-4-7-12/h2-4,6-7H,5,8,10-11H2,1H3. The monoisotopic (exact) mass is 188 g/mol. The van der Waals surface area contributed by atoms with E-state index in [-0.39, 0.29) is 0 Å². The van der Waals surface area contributed by atoms with Crippen LogP contribution in [0.1, 0.15) is 12.0 Å². The minimum Gasteiger partial charge on any atom is -0.305 e. The van der Waals surface area contributed by atoms with Crippen LogP contribution < -0.4 is 0 Å². The summed E-state index contributed by atoms with van der Waals surface area (Å²) in [6.07, 6.45) is 1.67. The molecule has 1 rings (SSSR count). The van der Waals surface area contributed by atoms with Crippen LogP contribution in [0, 0.1) is 11.3 Å². The van der Waals surface area contributed by atoms with E-state index in [9.17, 15) is 0 Å². The molecule has 0 unspecified atom stereocenters. The molecule has 0 aliphatic carbocycles. The summed E-state index contributed by atoms with van der Waals surface area (Å²) >= 11 is 0. The molecule has 0 saturated heterocycles. The molecule has 1 aromatic rings. The highest BCUT2D eigenvalue weighted by molar-refractivity contribution is 5.14. The highest BCUT2D eigenvalue weighted by Gasteiger charge is 1.97. The topological polar surface area (TPSA) is 27.0 Å². The summed E-state index contributed by atoms with van der Waals surface area (Å²) < 4.78 is 0. The van der Waals surface area contributed by atoms with Crippen LogP contribution in [-0.2, 0) is 6.42 Å². The second-order valence-corrected chi connectivity index (χ2v) is 3.45. The third-order valence-corrected chi connectivity index (χ3v) is 2.23. The lowest BCUT2D eigenvalue weighted by Crippen LogP contribution is -2.22. The quantitative estimate of drug-likeness (QED) is 0.707. The molecule has 0 amide bonds. The van der Waals surface area contributed by atoms with Crippen molar-refractivity contribution in [1.29, 1.82) is 5.26 Å². The summed E-state index contributed by atoms with van der Waals surface area (Å²) in [4.78, 5) is 2.19. The number of benzene rings is 1. The fraction of sp³-hybridized carbons (Fsp3) is 0.417. The van der Waals surface area contributed by atoms with Gasteiger partial charge in [0, 0.05) is 19.5 Å². The zero-order chi connectivity index (χ0) is 10.2. The van der Waals surface area contributed by atoms with Crippen molar-refractivity contribution >= 4 is 0 Å². The fourth-order valence-electron chi connectivity index (χ4n) is 1.32. The fourth-order valence-corrected chi connectivity index (χ4v) is 1.32. The van der Waals surface area contributed by atoms with Crippen molar-refractivity contribution in [2.45, 2.75) is 12.8 Å². The van der Waals surface area contributed by atoms with Crippen LogP contribution in [0.5, 0.6) is 0 Å². The molecule has 2 nitrogen and oxygen atoms in total. The highest BCUT2D eigenvalue weighted by Crippen LogP contribution is 2.00. The number of nitriles is 1. The molecular weight excluding hydrogens is 172 g/mol. The zero-order valence-electron chi connectivity index (χ0n) is 8.61. The molecule has 2 heteroatoms. The predicted octanol–water partition coefficient (Wildman–Crippen LogP) is 2.07. The first-order chi connectivity index (χ1) is 6.83. The molecule has 0 radical (unpaired) electrons. The first-order valence-electron chi connectivity index (χ1n) is 4.92. The van der Waals surface area contributed by atoms with E-state index in [2.05, 4.69) is 42.3 Å². The van der Waals surface area contributed by atoms with E-state index in [4.69, 9.17) is 5.26 Å². The van der Waals surface area contributed by atoms with E-state index < -0.39 is 0 Å². The van der Waals surface area contributed by atoms with Crippen molar-refractivity contribution in [2.75, 3.05) is 20.1 Å². The van der Waals surface area contributed by atoms with Crippen molar-refractivity contribution in [3.8, 4) is 6.07 Å². The van der Waals surface area contributed by atoms with E-state index in [1.807, 2.05) is 6.07 Å². The Morgan fingerprint density at radius 1 is 1.21 bits per heavy atom. The van der Waals surface area contributed by atoms with Crippen LogP contribution in [0.4, 0.5) is 0 Å². The van der Waals surface area contributed by atoms with Gasteiger partial charge in [-0.2, -0.15) is 5.26 Å². The average Bonchev–Trinajstić information content (AvgIpc) is 2.25. The molecule has 14 heavy (non-hydrogen) atoms. The summed E-state index contributed by atoms with van der Waals surface area (Å²) in [7, 11) is 2.06. The van der Waals surface area contributed by atoms with Gasteiger partial charge in [-0.05, 0) is 19.0 Å². The number of rotatable bonds is 5. The second kappa shape index (κ2) is 6.17. The normalized spacial score (nSPS) is 10.1. The van der Waals surface area contributed by atoms with Crippen LogP contribution in [0.2, 0.25) is 0 Å². The lowest BCUT2D eigenvalue weighted by atomic mass is 10.1. The average molecular weight is 188 g/mol. The summed E-state index contributed by atoms with van der Waals surface area (Å²) in [5.41, 5.74) is 1.36. The molecule has 0 atom stereocenters. The van der Waals surface area contributed by atoms with Crippen molar-refractivity contribution in [3.05, 3.63) is 35.9 Å². The second-order valence-electron chi connectivity index (χ2n) is 3.45. The summed E-state index contributed by atoms with van der Waals surface area (Å²) in [5, 5.41) is 8.42. The molecule has 0 N–H and O–H groups in total. The Kier molecular flexibility index (Phi) is 4.74. The van der Waals surface area contributed by atoms with Gasteiger partial charge in [0.25, 0.3) is 0 Å². The Bertz CT molecular complexity index is 287. The number of likely N-dealkylation sites (N-methyl/N-ethyl adjacent to an activating group) is 1. The van der Waals surface area contributed by atoms with Gasteiger partial charge in [-0.1, -0.05) is 30.3 Å². The predicted molar refractivity (Wildman–Crippen MR) is 57.9 cm³/mol. The molecule has 1 aromatic carbocycles. The maximum atomic E-state index is 8.42. The SMILES string of the molecule is CN(CCC#N)CCc1ccccc1. The Morgan fingerprint density at radius 2 is 1.93 bits per heavy atom. The molecule has 0 bridgehead atoms. The van der Waals surface area contributed by atoms with Crippen LogP contribution >= 0.6 is 0 Å². The van der Waals surface area contributed by atoms with E-state index in [1.165, 1.54) is 5.56 Å². The van der Waals surface area contributed by atoms with Gasteiger partial charge < -0.3 is 4.90 Å². The number of nitrogens with zero attached hydrogens (tertiary/aromatic N) is 2. The molecule has 0 aliphatic heterocycles. The molecule has 0 saturated carbocycles. The summed E-state index contributed by atoms with van der Waals surface area (Å²) in [6, 6.07) is 12.6. The van der Waals surface area contributed by atoms with Gasteiger partial charge in [0.2, 0.25) is 0 Å². The first-order valence-corrected chi connectivity index (χ1v) is 4.92. The minimum atomic E-state index is 0.616. The van der Waals surface area contributed by atoms with Crippen molar-refractivity contribution in [1.82, 2.24) is 4.90 Å². The molecule has 0 spiro atoms. The molecular formula is C12H16N2. The maximum absolute atomic E-state index is 8.42. The Balaban J connectivity index is 2.24. The van der Waals surface area contributed by atoms with E-state index in [0.717, 1.165) is 19.5 Å². The van der Waals surface area contributed by atoms with Gasteiger partial charge in [0.05, 0.1) is 6.07 Å². The van der Waals surface area contributed by atoms with Crippen molar-refractivity contribution in [3.63, 3.8) is 0 Å². The van der Waals surface area contributed by atoms with Gasteiger partial charge in [0.15, 0.2) is 0 Å². The minimum absolute atomic E-state index is 0.616. The number of hydrogen-bond donors (Lipinski definition) is 0. The van der Waals surface area contributed by atoms with Gasteiger partial charge in [-0.3, -0.25) is 0 Å². The zero-order valence-corrected chi connectivity index (χ0v) is 8.61. The molecule has 0 aromatic heterocycles. The van der Waals surface area contributed by atoms with E-state index in [0.29, 0.717) is 6.42 Å². The van der Waals surface area contributed by atoms with Crippen molar-refractivity contribution in [2.24, 2.45) is 0 Å². The first kappa shape index (κ1) is 10.7. The third-order valence-electron chi connectivity index (χ3n) is 2.23. The van der Waals surface area contributed by atoms with Gasteiger partial charge in [-0.25, -0.2) is 0 Å². The van der Waals surface area contributed by atoms with E-state index >= 15 is 0 Å². The van der Waals surface area contributed by atoms with E-state index in [1.54, 1.807) is 0 Å².